The molecule has 4 heteroatoms. The third-order valence-electron chi connectivity index (χ3n) is 2.45. The smallest absolute Gasteiger partial charge is 0.128 e. The molecular weight excluding hydrogens is 202 g/mol. The number of aliphatic hydroxyl groups excluding tert-OH is 1. The molecule has 0 aliphatic heterocycles. The number of anilines is 2. The highest BCUT2D eigenvalue weighted by atomic mass is 16.2. The van der Waals surface area contributed by atoms with E-state index < -0.39 is 0 Å². The number of aliphatic hydroxyl groups is 1. The Hall–Kier alpha value is -1.29. The quantitative estimate of drug-likeness (QED) is 0.771. The highest BCUT2D eigenvalue weighted by Crippen LogP contribution is 2.15. The average Bonchev–Trinajstić information content (AvgIpc) is 2.26. The van der Waals surface area contributed by atoms with E-state index in [-0.39, 0.29) is 6.61 Å². The van der Waals surface area contributed by atoms with Gasteiger partial charge in [-0.25, -0.2) is 4.98 Å². The fraction of sp³-hybridized carbons (Fsp3) is 0.583. The van der Waals surface area contributed by atoms with Crippen LogP contribution in [0.5, 0.6) is 0 Å². The van der Waals surface area contributed by atoms with Crippen molar-refractivity contribution in [1.29, 1.82) is 0 Å². The van der Waals surface area contributed by atoms with Crippen LogP contribution < -0.4 is 10.2 Å². The van der Waals surface area contributed by atoms with Crippen molar-refractivity contribution in [2.24, 2.45) is 0 Å². The first kappa shape index (κ1) is 12.8. The van der Waals surface area contributed by atoms with Gasteiger partial charge in [-0.05, 0) is 25.8 Å². The summed E-state index contributed by atoms with van der Waals surface area (Å²) in [5, 5.41) is 12.1. The van der Waals surface area contributed by atoms with Crippen LogP contribution in [-0.2, 0) is 0 Å². The molecule has 2 N–H and O–H groups in total. The Morgan fingerprint density at radius 1 is 1.50 bits per heavy atom. The Morgan fingerprint density at radius 3 is 2.88 bits per heavy atom. The van der Waals surface area contributed by atoms with E-state index in [1.165, 1.54) is 0 Å². The highest BCUT2D eigenvalue weighted by Gasteiger charge is 2.03. The minimum Gasteiger partial charge on any atom is -0.396 e. The van der Waals surface area contributed by atoms with Crippen molar-refractivity contribution in [3.8, 4) is 0 Å². The normalized spacial score (nSPS) is 12.2. The number of nitrogens with one attached hydrogen (secondary N) is 1. The molecule has 0 aliphatic rings. The van der Waals surface area contributed by atoms with Gasteiger partial charge in [0.25, 0.3) is 0 Å². The van der Waals surface area contributed by atoms with E-state index in [0.29, 0.717) is 6.04 Å². The highest BCUT2D eigenvalue weighted by molar-refractivity contribution is 5.53. The van der Waals surface area contributed by atoms with E-state index in [1.54, 1.807) is 6.20 Å². The summed E-state index contributed by atoms with van der Waals surface area (Å²) in [6.07, 6.45) is 3.57. The first-order chi connectivity index (χ1) is 7.63. The zero-order chi connectivity index (χ0) is 12.0. The van der Waals surface area contributed by atoms with Gasteiger partial charge in [0.2, 0.25) is 0 Å². The fourth-order valence-electron chi connectivity index (χ4n) is 1.50. The summed E-state index contributed by atoms with van der Waals surface area (Å²) in [5.74, 6) is 0.886. The third-order valence-corrected chi connectivity index (χ3v) is 2.45. The maximum Gasteiger partial charge on any atom is 0.128 e. The van der Waals surface area contributed by atoms with Gasteiger partial charge < -0.3 is 15.3 Å². The van der Waals surface area contributed by atoms with E-state index in [1.807, 2.05) is 31.1 Å². The van der Waals surface area contributed by atoms with Crippen LogP contribution in [0.2, 0.25) is 0 Å². The number of aromatic nitrogens is 1. The van der Waals surface area contributed by atoms with Crippen LogP contribution in [-0.4, -0.2) is 36.8 Å². The SMILES string of the molecule is CC(CCCO)Nc1cc(N(C)C)ccn1. The van der Waals surface area contributed by atoms with Crippen molar-refractivity contribution in [3.63, 3.8) is 0 Å². The number of rotatable bonds is 6. The molecule has 0 saturated heterocycles. The molecule has 1 atom stereocenters. The van der Waals surface area contributed by atoms with Crippen LogP contribution in [0.25, 0.3) is 0 Å². The summed E-state index contributed by atoms with van der Waals surface area (Å²) in [6.45, 7) is 2.34. The number of hydrogen-bond donors (Lipinski definition) is 2. The van der Waals surface area contributed by atoms with Crippen LogP contribution in [0, 0.1) is 0 Å². The lowest BCUT2D eigenvalue weighted by molar-refractivity contribution is 0.282. The van der Waals surface area contributed by atoms with Crippen LogP contribution in [0.15, 0.2) is 18.3 Å². The summed E-state index contributed by atoms with van der Waals surface area (Å²) in [7, 11) is 4.02. The zero-order valence-corrected chi connectivity index (χ0v) is 10.3. The Balaban J connectivity index is 2.56. The van der Waals surface area contributed by atoms with Gasteiger partial charge in [-0.15, -0.1) is 0 Å². The first-order valence-electron chi connectivity index (χ1n) is 5.64. The number of pyridine rings is 1. The lowest BCUT2D eigenvalue weighted by Gasteiger charge is -2.17. The molecule has 4 nitrogen and oxygen atoms in total. The van der Waals surface area contributed by atoms with E-state index in [4.69, 9.17) is 5.11 Å². The lowest BCUT2D eigenvalue weighted by atomic mass is 10.2. The molecule has 0 radical (unpaired) electrons. The van der Waals surface area contributed by atoms with Crippen molar-refractivity contribution in [2.75, 3.05) is 30.9 Å². The molecule has 1 aromatic heterocycles. The van der Waals surface area contributed by atoms with Crippen LogP contribution in [0.1, 0.15) is 19.8 Å². The van der Waals surface area contributed by atoms with Gasteiger partial charge >= 0.3 is 0 Å². The van der Waals surface area contributed by atoms with Crippen molar-refractivity contribution in [2.45, 2.75) is 25.8 Å². The molecule has 0 aromatic carbocycles. The number of hydrogen-bond acceptors (Lipinski definition) is 4. The average molecular weight is 223 g/mol. The summed E-state index contributed by atoms with van der Waals surface area (Å²) in [5.41, 5.74) is 1.13. The Morgan fingerprint density at radius 2 is 2.25 bits per heavy atom. The molecule has 1 rings (SSSR count). The molecule has 0 bridgehead atoms. The van der Waals surface area contributed by atoms with Gasteiger partial charge in [0, 0.05) is 44.7 Å². The van der Waals surface area contributed by atoms with Crippen molar-refractivity contribution < 1.29 is 5.11 Å². The van der Waals surface area contributed by atoms with Gasteiger partial charge in [-0.1, -0.05) is 0 Å². The Labute approximate surface area is 97.3 Å². The maximum absolute atomic E-state index is 8.75. The van der Waals surface area contributed by atoms with Crippen LogP contribution in [0.3, 0.4) is 0 Å². The van der Waals surface area contributed by atoms with Gasteiger partial charge in [0.1, 0.15) is 5.82 Å². The maximum atomic E-state index is 8.75. The molecule has 0 amide bonds. The van der Waals surface area contributed by atoms with Crippen molar-refractivity contribution in [3.05, 3.63) is 18.3 Å². The summed E-state index contributed by atoms with van der Waals surface area (Å²) < 4.78 is 0. The van der Waals surface area contributed by atoms with Crippen molar-refractivity contribution >= 4 is 11.5 Å². The molecule has 1 aromatic rings. The molecule has 0 fully saturated rings. The van der Waals surface area contributed by atoms with Crippen LogP contribution in [0.4, 0.5) is 11.5 Å². The lowest BCUT2D eigenvalue weighted by Crippen LogP contribution is -2.17. The van der Waals surface area contributed by atoms with E-state index in [2.05, 4.69) is 17.2 Å². The topological polar surface area (TPSA) is 48.4 Å². The number of nitrogens with zero attached hydrogens (tertiary/aromatic N) is 2. The summed E-state index contributed by atoms with van der Waals surface area (Å²) in [4.78, 5) is 6.32. The second kappa shape index (κ2) is 6.33. The molecule has 0 saturated carbocycles. The van der Waals surface area contributed by atoms with Gasteiger partial charge in [-0.2, -0.15) is 0 Å². The minimum absolute atomic E-state index is 0.247. The van der Waals surface area contributed by atoms with Gasteiger partial charge in [0.15, 0.2) is 0 Å². The van der Waals surface area contributed by atoms with Crippen LogP contribution >= 0.6 is 0 Å². The minimum atomic E-state index is 0.247. The summed E-state index contributed by atoms with van der Waals surface area (Å²) >= 11 is 0. The summed E-state index contributed by atoms with van der Waals surface area (Å²) in [6, 6.07) is 4.33. The molecule has 16 heavy (non-hydrogen) atoms. The molecule has 0 aliphatic carbocycles. The Kier molecular flexibility index (Phi) is 5.05. The standard InChI is InChI=1S/C12H21N3O/c1-10(5-4-8-16)14-12-9-11(15(2)3)6-7-13-12/h6-7,9-10,16H,4-5,8H2,1-3H3,(H,13,14). The fourth-order valence-corrected chi connectivity index (χ4v) is 1.50. The molecule has 0 spiro atoms. The third kappa shape index (κ3) is 4.06. The van der Waals surface area contributed by atoms with E-state index in [0.717, 1.165) is 24.3 Å². The largest absolute Gasteiger partial charge is 0.396 e. The first-order valence-corrected chi connectivity index (χ1v) is 5.64. The zero-order valence-electron chi connectivity index (χ0n) is 10.3. The van der Waals surface area contributed by atoms with E-state index in [9.17, 15) is 0 Å². The Bertz CT molecular complexity index is 315. The second-order valence-corrected chi connectivity index (χ2v) is 4.20. The predicted molar refractivity (Wildman–Crippen MR) is 68.0 cm³/mol. The van der Waals surface area contributed by atoms with E-state index >= 15 is 0 Å². The molecular formula is C12H21N3O. The molecule has 1 unspecified atom stereocenters. The van der Waals surface area contributed by atoms with Gasteiger partial charge in [0.05, 0.1) is 0 Å². The monoisotopic (exact) mass is 223 g/mol. The predicted octanol–water partition coefficient (Wildman–Crippen LogP) is 1.72. The second-order valence-electron chi connectivity index (χ2n) is 4.20. The van der Waals surface area contributed by atoms with Gasteiger partial charge in [-0.3, -0.25) is 0 Å². The molecule has 1 heterocycles. The van der Waals surface area contributed by atoms with Crippen molar-refractivity contribution in [1.82, 2.24) is 4.98 Å². The molecule has 90 valence electrons.